The average molecular weight is 217 g/mol. The second-order valence-corrected chi connectivity index (χ2v) is 3.19. The molecule has 0 aliphatic rings. The molecule has 5 nitrogen and oxygen atoms in total. The van der Waals surface area contributed by atoms with E-state index in [0.29, 0.717) is 11.3 Å². The number of fused-ring (bicyclic) bond motifs is 1. The summed E-state index contributed by atoms with van der Waals surface area (Å²) in [6, 6.07) is 7.11. The van der Waals surface area contributed by atoms with E-state index in [1.54, 1.807) is 25.4 Å². The van der Waals surface area contributed by atoms with Crippen molar-refractivity contribution in [2.45, 2.75) is 0 Å². The molecule has 0 atom stereocenters. The zero-order chi connectivity index (χ0) is 11.5. The number of nitrogens with zero attached hydrogens (tertiary/aromatic N) is 1. The van der Waals surface area contributed by atoms with Gasteiger partial charge in [0.2, 0.25) is 5.90 Å². The van der Waals surface area contributed by atoms with E-state index in [-0.39, 0.29) is 5.90 Å². The fourth-order valence-corrected chi connectivity index (χ4v) is 1.51. The van der Waals surface area contributed by atoms with Gasteiger partial charge in [0.15, 0.2) is 0 Å². The van der Waals surface area contributed by atoms with Crippen molar-refractivity contribution in [3.63, 3.8) is 0 Å². The van der Waals surface area contributed by atoms with Gasteiger partial charge in [-0.15, -0.1) is 0 Å². The van der Waals surface area contributed by atoms with Crippen molar-refractivity contribution in [1.82, 2.24) is 4.98 Å². The molecule has 0 aliphatic heterocycles. The number of nitrogens with one attached hydrogen (secondary N) is 1. The third-order valence-corrected chi connectivity index (χ3v) is 2.31. The van der Waals surface area contributed by atoms with E-state index < -0.39 is 0 Å². The highest BCUT2D eigenvalue weighted by molar-refractivity contribution is 6.04. The zero-order valence-electron chi connectivity index (χ0n) is 8.73. The minimum atomic E-state index is -0.0966. The van der Waals surface area contributed by atoms with E-state index in [2.05, 4.69) is 9.82 Å². The third kappa shape index (κ3) is 1.68. The van der Waals surface area contributed by atoms with Gasteiger partial charge in [0, 0.05) is 17.1 Å². The third-order valence-electron chi connectivity index (χ3n) is 2.31. The molecule has 0 fully saturated rings. The number of aromatic nitrogens is 1. The van der Waals surface area contributed by atoms with Gasteiger partial charge in [-0.25, -0.2) is 0 Å². The standard InChI is InChI=1S/C11H11N3O2/c1-15-7-2-3-10-9(6-7)8(4-5-14-10)11(12)16-13/h2-6,12H,13H2,1H3. The Morgan fingerprint density at radius 1 is 1.38 bits per heavy atom. The van der Waals surface area contributed by atoms with E-state index in [9.17, 15) is 0 Å². The van der Waals surface area contributed by atoms with Crippen LogP contribution in [0, 0.1) is 5.41 Å². The van der Waals surface area contributed by atoms with Crippen LogP contribution in [-0.2, 0) is 4.84 Å². The van der Waals surface area contributed by atoms with Crippen molar-refractivity contribution in [3.8, 4) is 5.75 Å². The maximum absolute atomic E-state index is 7.57. The summed E-state index contributed by atoms with van der Waals surface area (Å²) in [5.74, 6) is 5.59. The first-order chi connectivity index (χ1) is 7.76. The van der Waals surface area contributed by atoms with Gasteiger partial charge < -0.3 is 9.57 Å². The Morgan fingerprint density at radius 2 is 2.19 bits per heavy atom. The molecule has 0 spiro atoms. The summed E-state index contributed by atoms with van der Waals surface area (Å²) in [7, 11) is 1.59. The lowest BCUT2D eigenvalue weighted by molar-refractivity contribution is 0.319. The van der Waals surface area contributed by atoms with Gasteiger partial charge in [0.05, 0.1) is 12.6 Å². The topological polar surface area (TPSA) is 81.2 Å². The number of ether oxygens (including phenoxy) is 1. The molecule has 0 unspecified atom stereocenters. The number of hydrogen-bond acceptors (Lipinski definition) is 5. The number of pyridine rings is 1. The fourth-order valence-electron chi connectivity index (χ4n) is 1.51. The van der Waals surface area contributed by atoms with Crippen LogP contribution in [0.25, 0.3) is 10.9 Å². The maximum Gasteiger partial charge on any atom is 0.238 e. The molecule has 0 saturated carbocycles. The van der Waals surface area contributed by atoms with E-state index in [1.807, 2.05) is 12.1 Å². The lowest BCUT2D eigenvalue weighted by Gasteiger charge is -2.07. The summed E-state index contributed by atoms with van der Waals surface area (Å²) in [6.07, 6.45) is 1.61. The van der Waals surface area contributed by atoms with Crippen molar-refractivity contribution in [1.29, 1.82) is 5.41 Å². The van der Waals surface area contributed by atoms with Crippen LogP contribution >= 0.6 is 0 Å². The van der Waals surface area contributed by atoms with Crippen molar-refractivity contribution in [2.75, 3.05) is 7.11 Å². The lowest BCUT2D eigenvalue weighted by atomic mass is 10.1. The summed E-state index contributed by atoms with van der Waals surface area (Å²) >= 11 is 0. The number of methoxy groups -OCH3 is 1. The number of hydrogen-bond donors (Lipinski definition) is 2. The van der Waals surface area contributed by atoms with Gasteiger partial charge in [0.25, 0.3) is 0 Å². The summed E-state index contributed by atoms with van der Waals surface area (Å²) in [5, 5.41) is 8.35. The van der Waals surface area contributed by atoms with Crippen LogP contribution in [0.15, 0.2) is 30.5 Å². The molecule has 0 amide bonds. The van der Waals surface area contributed by atoms with Gasteiger partial charge in [-0.2, -0.15) is 5.90 Å². The minimum Gasteiger partial charge on any atom is -0.497 e. The smallest absolute Gasteiger partial charge is 0.238 e. The number of rotatable bonds is 2. The maximum atomic E-state index is 7.57. The zero-order valence-corrected chi connectivity index (χ0v) is 8.73. The molecule has 2 aromatic rings. The summed E-state index contributed by atoms with van der Waals surface area (Å²) in [5.41, 5.74) is 1.35. The van der Waals surface area contributed by atoms with Crippen molar-refractivity contribution in [2.24, 2.45) is 5.90 Å². The summed E-state index contributed by atoms with van der Waals surface area (Å²) < 4.78 is 5.12. The normalized spacial score (nSPS) is 10.1. The van der Waals surface area contributed by atoms with E-state index >= 15 is 0 Å². The molecule has 16 heavy (non-hydrogen) atoms. The molecule has 82 valence electrons. The Kier molecular flexibility index (Phi) is 2.70. The molecule has 1 heterocycles. The Bertz CT molecular complexity index is 540. The molecule has 0 bridgehead atoms. The van der Waals surface area contributed by atoms with E-state index in [0.717, 1.165) is 10.9 Å². The van der Waals surface area contributed by atoms with Gasteiger partial charge in [-0.1, -0.05) is 0 Å². The van der Waals surface area contributed by atoms with Crippen LogP contribution in [0.1, 0.15) is 5.56 Å². The quantitative estimate of drug-likeness (QED) is 0.453. The summed E-state index contributed by atoms with van der Waals surface area (Å²) in [4.78, 5) is 8.62. The number of benzene rings is 1. The monoisotopic (exact) mass is 217 g/mol. The molecule has 0 aliphatic carbocycles. The second-order valence-electron chi connectivity index (χ2n) is 3.19. The molecule has 0 radical (unpaired) electrons. The Morgan fingerprint density at radius 3 is 2.88 bits per heavy atom. The predicted molar refractivity (Wildman–Crippen MR) is 60.4 cm³/mol. The molecule has 0 saturated heterocycles. The van der Waals surface area contributed by atoms with E-state index in [1.165, 1.54) is 0 Å². The minimum absolute atomic E-state index is 0.0966. The molecule has 3 N–H and O–H groups in total. The second kappa shape index (κ2) is 4.16. The van der Waals surface area contributed by atoms with Gasteiger partial charge in [0.1, 0.15) is 5.75 Å². The van der Waals surface area contributed by atoms with Gasteiger partial charge >= 0.3 is 0 Å². The fraction of sp³-hybridized carbons (Fsp3) is 0.0909. The van der Waals surface area contributed by atoms with Crippen LogP contribution in [0.2, 0.25) is 0 Å². The van der Waals surface area contributed by atoms with Crippen LogP contribution in [0.4, 0.5) is 0 Å². The van der Waals surface area contributed by atoms with Crippen LogP contribution < -0.4 is 10.6 Å². The first kappa shape index (κ1) is 10.4. The Labute approximate surface area is 92.3 Å². The highest BCUT2D eigenvalue weighted by Gasteiger charge is 2.08. The first-order valence-corrected chi connectivity index (χ1v) is 4.64. The molecule has 5 heteroatoms. The van der Waals surface area contributed by atoms with Gasteiger partial charge in [-0.05, 0) is 24.3 Å². The first-order valence-electron chi connectivity index (χ1n) is 4.64. The highest BCUT2D eigenvalue weighted by atomic mass is 16.6. The largest absolute Gasteiger partial charge is 0.497 e. The summed E-state index contributed by atoms with van der Waals surface area (Å²) in [6.45, 7) is 0. The SMILES string of the molecule is COc1ccc2nccc(C(=N)ON)c2c1. The lowest BCUT2D eigenvalue weighted by Crippen LogP contribution is -2.10. The number of nitrogens with two attached hydrogens (primary N) is 1. The van der Waals surface area contributed by atoms with Crippen molar-refractivity contribution >= 4 is 16.8 Å². The van der Waals surface area contributed by atoms with Crippen molar-refractivity contribution < 1.29 is 9.57 Å². The van der Waals surface area contributed by atoms with Crippen LogP contribution in [-0.4, -0.2) is 18.0 Å². The van der Waals surface area contributed by atoms with Crippen LogP contribution in [0.5, 0.6) is 5.75 Å². The van der Waals surface area contributed by atoms with Crippen molar-refractivity contribution in [3.05, 3.63) is 36.0 Å². The Balaban J connectivity index is 2.68. The van der Waals surface area contributed by atoms with Crippen LogP contribution in [0.3, 0.4) is 0 Å². The van der Waals surface area contributed by atoms with Gasteiger partial charge in [-0.3, -0.25) is 10.4 Å². The highest BCUT2D eigenvalue weighted by Crippen LogP contribution is 2.22. The van der Waals surface area contributed by atoms with E-state index in [4.69, 9.17) is 16.0 Å². The Hall–Kier alpha value is -2.14. The molecule has 2 rings (SSSR count). The molecular formula is C11H11N3O2. The molecule has 1 aromatic heterocycles. The average Bonchev–Trinajstić information content (AvgIpc) is 2.36. The predicted octanol–water partition coefficient (Wildman–Crippen LogP) is 1.46. The molecule has 1 aromatic carbocycles. The molecular weight excluding hydrogens is 206 g/mol.